The molecule has 0 saturated heterocycles. The molecule has 0 aliphatic carbocycles. The number of aromatic nitrogens is 1. The van der Waals surface area contributed by atoms with Crippen molar-refractivity contribution >= 4 is 27.5 Å². The lowest BCUT2D eigenvalue weighted by atomic mass is 10.1. The van der Waals surface area contributed by atoms with Gasteiger partial charge in [0.15, 0.2) is 0 Å². The monoisotopic (exact) mass is 314 g/mol. The third-order valence-corrected chi connectivity index (χ3v) is 4.49. The molecule has 1 N–H and O–H groups in total. The maximum atomic E-state index is 13.5. The number of para-hydroxylation sites is 1. The van der Waals surface area contributed by atoms with E-state index >= 15 is 0 Å². The first-order valence-corrected chi connectivity index (χ1v) is 7.84. The predicted molar refractivity (Wildman–Crippen MR) is 86.8 cm³/mol. The van der Waals surface area contributed by atoms with E-state index in [9.17, 15) is 9.18 Å². The molecule has 1 amide bonds. The normalized spacial score (nSPS) is 10.8. The van der Waals surface area contributed by atoms with Gasteiger partial charge in [-0.2, -0.15) is 0 Å². The first kappa shape index (κ1) is 14.7. The fourth-order valence-electron chi connectivity index (χ4n) is 2.15. The average Bonchev–Trinajstić information content (AvgIpc) is 2.92. The molecule has 22 heavy (non-hydrogen) atoms. The van der Waals surface area contributed by atoms with Gasteiger partial charge in [-0.1, -0.05) is 18.2 Å². The van der Waals surface area contributed by atoms with Crippen molar-refractivity contribution in [2.24, 2.45) is 0 Å². The van der Waals surface area contributed by atoms with E-state index in [0.29, 0.717) is 24.1 Å². The minimum absolute atomic E-state index is 0.264. The summed E-state index contributed by atoms with van der Waals surface area (Å²) in [5.74, 6) is -0.626. The quantitative estimate of drug-likeness (QED) is 0.797. The molecule has 3 nitrogen and oxygen atoms in total. The summed E-state index contributed by atoms with van der Waals surface area (Å²) in [6.45, 7) is 2.15. The summed E-state index contributed by atoms with van der Waals surface area (Å²) in [5, 5.41) is 3.78. The number of hydrogen-bond acceptors (Lipinski definition) is 3. The number of aryl methyl sites for hydroxylation is 1. The van der Waals surface area contributed by atoms with Crippen LogP contribution in [0.5, 0.6) is 0 Å². The number of nitrogens with one attached hydrogen (secondary N) is 1. The lowest BCUT2D eigenvalue weighted by Crippen LogP contribution is -2.25. The number of nitrogens with zero attached hydrogens (tertiary/aromatic N) is 1. The summed E-state index contributed by atoms with van der Waals surface area (Å²) in [5.41, 5.74) is 1.85. The van der Waals surface area contributed by atoms with Gasteiger partial charge in [0.25, 0.3) is 5.91 Å². The zero-order valence-electron chi connectivity index (χ0n) is 12.1. The largest absolute Gasteiger partial charge is 0.352 e. The number of halogens is 1. The number of amides is 1. The minimum atomic E-state index is -0.362. The van der Waals surface area contributed by atoms with Gasteiger partial charge < -0.3 is 5.32 Å². The highest BCUT2D eigenvalue weighted by Crippen LogP contribution is 2.21. The van der Waals surface area contributed by atoms with Gasteiger partial charge in [0.2, 0.25) is 0 Å². The molecule has 0 radical (unpaired) electrons. The maximum Gasteiger partial charge on any atom is 0.251 e. The lowest BCUT2D eigenvalue weighted by molar-refractivity contribution is 0.0953. The summed E-state index contributed by atoms with van der Waals surface area (Å²) in [4.78, 5) is 16.5. The molecule has 1 heterocycles. The second-order valence-electron chi connectivity index (χ2n) is 5.05. The number of benzene rings is 2. The zero-order chi connectivity index (χ0) is 15.5. The Hall–Kier alpha value is -2.27. The second-order valence-corrected chi connectivity index (χ2v) is 6.16. The smallest absolute Gasteiger partial charge is 0.251 e. The molecule has 2 aromatic carbocycles. The van der Waals surface area contributed by atoms with Crippen LogP contribution in [-0.4, -0.2) is 17.4 Å². The van der Waals surface area contributed by atoms with Crippen LogP contribution in [-0.2, 0) is 6.42 Å². The summed E-state index contributed by atoms with van der Waals surface area (Å²) >= 11 is 1.63. The summed E-state index contributed by atoms with van der Waals surface area (Å²) in [7, 11) is 0. The molecular formula is C17H15FN2OS. The van der Waals surface area contributed by atoms with Gasteiger partial charge in [-0.25, -0.2) is 9.37 Å². The molecule has 0 unspecified atom stereocenters. The summed E-state index contributed by atoms with van der Waals surface area (Å²) < 4.78 is 14.6. The average molecular weight is 314 g/mol. The molecule has 5 heteroatoms. The van der Waals surface area contributed by atoms with E-state index in [1.807, 2.05) is 24.3 Å². The number of fused-ring (bicyclic) bond motifs is 1. The minimum Gasteiger partial charge on any atom is -0.352 e. The van der Waals surface area contributed by atoms with Crippen molar-refractivity contribution in [1.82, 2.24) is 10.3 Å². The van der Waals surface area contributed by atoms with E-state index in [-0.39, 0.29) is 11.7 Å². The van der Waals surface area contributed by atoms with Gasteiger partial charge in [0, 0.05) is 18.5 Å². The van der Waals surface area contributed by atoms with Crippen LogP contribution < -0.4 is 5.32 Å². The van der Waals surface area contributed by atoms with E-state index in [4.69, 9.17) is 0 Å². The van der Waals surface area contributed by atoms with Crippen LogP contribution in [0.25, 0.3) is 10.2 Å². The molecule has 0 atom stereocenters. The van der Waals surface area contributed by atoms with Gasteiger partial charge in [-0.05, 0) is 36.8 Å². The Kier molecular flexibility index (Phi) is 4.15. The molecule has 0 aliphatic rings. The molecule has 3 rings (SSSR count). The van der Waals surface area contributed by atoms with E-state index in [1.165, 1.54) is 6.07 Å². The SMILES string of the molecule is Cc1ccc(C(=O)NCCc2nc3ccccc3s2)cc1F. The Bertz CT molecular complexity index is 795. The zero-order valence-corrected chi connectivity index (χ0v) is 12.9. The molecular weight excluding hydrogens is 299 g/mol. The van der Waals surface area contributed by atoms with Crippen LogP contribution in [0, 0.1) is 12.7 Å². The van der Waals surface area contributed by atoms with Crippen LogP contribution in [0.1, 0.15) is 20.9 Å². The van der Waals surface area contributed by atoms with Crippen molar-refractivity contribution in [3.8, 4) is 0 Å². The van der Waals surface area contributed by atoms with E-state index in [1.54, 1.807) is 30.4 Å². The van der Waals surface area contributed by atoms with E-state index in [2.05, 4.69) is 10.3 Å². The molecule has 0 bridgehead atoms. The summed E-state index contributed by atoms with van der Waals surface area (Å²) in [6, 6.07) is 12.5. The second kappa shape index (κ2) is 6.23. The van der Waals surface area contributed by atoms with Crippen LogP contribution >= 0.6 is 11.3 Å². The molecule has 0 fully saturated rings. The fourth-order valence-corrected chi connectivity index (χ4v) is 3.11. The Morgan fingerprint density at radius 3 is 2.86 bits per heavy atom. The van der Waals surface area contributed by atoms with Crippen molar-refractivity contribution in [1.29, 1.82) is 0 Å². The number of rotatable bonds is 4. The van der Waals surface area contributed by atoms with Gasteiger partial charge in [0.1, 0.15) is 5.82 Å². The van der Waals surface area contributed by atoms with Gasteiger partial charge >= 0.3 is 0 Å². The van der Waals surface area contributed by atoms with Crippen LogP contribution in [0.4, 0.5) is 4.39 Å². The maximum absolute atomic E-state index is 13.5. The highest BCUT2D eigenvalue weighted by atomic mass is 32.1. The highest BCUT2D eigenvalue weighted by Gasteiger charge is 2.08. The number of carbonyl (C=O) groups excluding carboxylic acids is 1. The molecule has 112 valence electrons. The van der Waals surface area contributed by atoms with Crippen LogP contribution in [0.2, 0.25) is 0 Å². The Labute approximate surface area is 131 Å². The van der Waals surface area contributed by atoms with Gasteiger partial charge in [0.05, 0.1) is 15.2 Å². The van der Waals surface area contributed by atoms with Crippen molar-refractivity contribution in [2.45, 2.75) is 13.3 Å². The third kappa shape index (κ3) is 3.14. The lowest BCUT2D eigenvalue weighted by Gasteiger charge is -2.05. The van der Waals surface area contributed by atoms with Crippen LogP contribution in [0.15, 0.2) is 42.5 Å². The molecule has 0 aliphatic heterocycles. The third-order valence-electron chi connectivity index (χ3n) is 3.40. The Morgan fingerprint density at radius 2 is 2.09 bits per heavy atom. The highest BCUT2D eigenvalue weighted by molar-refractivity contribution is 7.18. The molecule has 3 aromatic rings. The molecule has 1 aromatic heterocycles. The molecule has 0 saturated carbocycles. The number of thiazole rings is 1. The van der Waals surface area contributed by atoms with Gasteiger partial charge in [-0.3, -0.25) is 4.79 Å². The van der Waals surface area contributed by atoms with Crippen molar-refractivity contribution < 1.29 is 9.18 Å². The number of carbonyl (C=O) groups is 1. The van der Waals surface area contributed by atoms with Crippen LogP contribution in [0.3, 0.4) is 0 Å². The Morgan fingerprint density at radius 1 is 1.27 bits per heavy atom. The first-order valence-electron chi connectivity index (χ1n) is 7.02. The van der Waals surface area contributed by atoms with Crippen molar-refractivity contribution in [2.75, 3.05) is 6.54 Å². The van der Waals surface area contributed by atoms with Crippen molar-refractivity contribution in [3.63, 3.8) is 0 Å². The van der Waals surface area contributed by atoms with Gasteiger partial charge in [-0.15, -0.1) is 11.3 Å². The van der Waals surface area contributed by atoms with E-state index < -0.39 is 0 Å². The standard InChI is InChI=1S/C17H15FN2OS/c1-11-6-7-12(10-13(11)18)17(21)19-9-8-16-20-14-4-2-3-5-15(14)22-16/h2-7,10H,8-9H2,1H3,(H,19,21). The topological polar surface area (TPSA) is 42.0 Å². The summed E-state index contributed by atoms with van der Waals surface area (Å²) in [6.07, 6.45) is 0.666. The Balaban J connectivity index is 1.60. The molecule has 0 spiro atoms. The van der Waals surface area contributed by atoms with Crippen molar-refractivity contribution in [3.05, 3.63) is 64.4 Å². The number of hydrogen-bond donors (Lipinski definition) is 1. The van der Waals surface area contributed by atoms with E-state index in [0.717, 1.165) is 15.2 Å². The first-order chi connectivity index (χ1) is 10.6. The fraction of sp³-hybridized carbons (Fsp3) is 0.176. The predicted octanol–water partition coefficient (Wildman–Crippen LogP) is 3.72.